The molecule has 0 atom stereocenters. The van der Waals surface area contributed by atoms with Crippen molar-refractivity contribution >= 4 is 11.9 Å². The predicted molar refractivity (Wildman–Crippen MR) is 99.9 cm³/mol. The zero-order valence-electron chi connectivity index (χ0n) is 15.7. The average molecular weight is 372 g/mol. The van der Waals surface area contributed by atoms with Gasteiger partial charge in [0, 0.05) is 5.56 Å². The summed E-state index contributed by atoms with van der Waals surface area (Å²) in [6, 6.07) is 14.6. The zero-order chi connectivity index (χ0) is 19.9. The molecule has 144 valence electrons. The summed E-state index contributed by atoms with van der Waals surface area (Å²) in [6.07, 6.45) is -0.253. The minimum absolute atomic E-state index is 0.236. The van der Waals surface area contributed by atoms with Gasteiger partial charge in [0.25, 0.3) is 0 Å². The summed E-state index contributed by atoms with van der Waals surface area (Å²) in [5.41, 5.74) is 0.182. The Morgan fingerprint density at radius 2 is 1.78 bits per heavy atom. The van der Waals surface area contributed by atoms with E-state index >= 15 is 0 Å². The SMILES string of the molecule is CCOC(=O)C(C)(C)Oc1ccc(OCc2ccccc2)cc1CC(=O)O. The van der Waals surface area contributed by atoms with Crippen molar-refractivity contribution < 1.29 is 28.9 Å². The Hall–Kier alpha value is -3.02. The highest BCUT2D eigenvalue weighted by Crippen LogP contribution is 2.29. The van der Waals surface area contributed by atoms with Crippen LogP contribution in [0.15, 0.2) is 48.5 Å². The van der Waals surface area contributed by atoms with Gasteiger partial charge < -0.3 is 19.3 Å². The quantitative estimate of drug-likeness (QED) is 0.677. The van der Waals surface area contributed by atoms with Crippen LogP contribution in [0.4, 0.5) is 0 Å². The zero-order valence-corrected chi connectivity index (χ0v) is 15.7. The van der Waals surface area contributed by atoms with Gasteiger partial charge in [0.15, 0.2) is 5.60 Å². The lowest BCUT2D eigenvalue weighted by Crippen LogP contribution is -2.40. The van der Waals surface area contributed by atoms with Gasteiger partial charge >= 0.3 is 11.9 Å². The summed E-state index contributed by atoms with van der Waals surface area (Å²) >= 11 is 0. The Morgan fingerprint density at radius 1 is 1.07 bits per heavy atom. The first-order valence-electron chi connectivity index (χ1n) is 8.69. The first kappa shape index (κ1) is 20.3. The molecule has 0 saturated heterocycles. The topological polar surface area (TPSA) is 82.1 Å². The predicted octanol–water partition coefficient (Wildman–Crippen LogP) is 3.61. The highest BCUT2D eigenvalue weighted by atomic mass is 16.6. The summed E-state index contributed by atoms with van der Waals surface area (Å²) in [6.45, 7) is 5.47. The third-order valence-corrected chi connectivity index (χ3v) is 3.75. The monoisotopic (exact) mass is 372 g/mol. The molecule has 0 aliphatic heterocycles. The van der Waals surface area contributed by atoms with Crippen LogP contribution in [0, 0.1) is 0 Å². The molecule has 0 spiro atoms. The van der Waals surface area contributed by atoms with Crippen LogP contribution in [0.25, 0.3) is 0 Å². The molecule has 1 N–H and O–H groups in total. The summed E-state index contributed by atoms with van der Waals surface area (Å²) in [7, 11) is 0. The molecule has 2 aromatic rings. The maximum Gasteiger partial charge on any atom is 0.349 e. The Bertz CT molecular complexity index is 783. The van der Waals surface area contributed by atoms with Crippen molar-refractivity contribution in [2.45, 2.75) is 39.4 Å². The summed E-state index contributed by atoms with van der Waals surface area (Å²) in [5.74, 6) is -0.691. The number of carboxylic acid groups (broad SMARTS) is 1. The number of rotatable bonds is 9. The maximum absolute atomic E-state index is 12.0. The number of carbonyl (C=O) groups is 2. The first-order valence-corrected chi connectivity index (χ1v) is 8.69. The van der Waals surface area contributed by atoms with Crippen LogP contribution in [-0.2, 0) is 27.4 Å². The third-order valence-electron chi connectivity index (χ3n) is 3.75. The second-order valence-electron chi connectivity index (χ2n) is 6.45. The lowest BCUT2D eigenvalue weighted by atomic mass is 10.1. The summed E-state index contributed by atoms with van der Waals surface area (Å²) in [5, 5.41) is 9.19. The van der Waals surface area contributed by atoms with E-state index in [1.165, 1.54) is 0 Å². The Labute approximate surface area is 158 Å². The van der Waals surface area contributed by atoms with Crippen molar-refractivity contribution in [3.63, 3.8) is 0 Å². The van der Waals surface area contributed by atoms with Gasteiger partial charge in [-0.3, -0.25) is 4.79 Å². The number of aliphatic carboxylic acids is 1. The normalized spacial score (nSPS) is 10.9. The van der Waals surface area contributed by atoms with Crippen molar-refractivity contribution in [1.82, 2.24) is 0 Å². The summed E-state index contributed by atoms with van der Waals surface area (Å²) in [4.78, 5) is 23.3. The lowest BCUT2D eigenvalue weighted by molar-refractivity contribution is -0.158. The molecule has 2 rings (SSSR count). The largest absolute Gasteiger partial charge is 0.489 e. The molecule has 0 aliphatic carbocycles. The van der Waals surface area contributed by atoms with Gasteiger partial charge in [-0.05, 0) is 44.5 Å². The van der Waals surface area contributed by atoms with Gasteiger partial charge in [0.05, 0.1) is 13.0 Å². The van der Waals surface area contributed by atoms with E-state index < -0.39 is 17.5 Å². The van der Waals surface area contributed by atoms with Crippen molar-refractivity contribution in [2.75, 3.05) is 6.61 Å². The molecule has 0 aromatic heterocycles. The average Bonchev–Trinajstić information content (AvgIpc) is 2.62. The molecule has 0 saturated carbocycles. The number of carboxylic acids is 1. The van der Waals surface area contributed by atoms with E-state index in [4.69, 9.17) is 14.2 Å². The van der Waals surface area contributed by atoms with Gasteiger partial charge in [-0.25, -0.2) is 4.79 Å². The van der Waals surface area contributed by atoms with Crippen LogP contribution >= 0.6 is 0 Å². The number of esters is 1. The van der Waals surface area contributed by atoms with E-state index in [9.17, 15) is 14.7 Å². The van der Waals surface area contributed by atoms with Gasteiger partial charge in [0.2, 0.25) is 0 Å². The van der Waals surface area contributed by atoms with Crippen LogP contribution in [-0.4, -0.2) is 29.3 Å². The Kier molecular flexibility index (Phi) is 6.82. The van der Waals surface area contributed by atoms with Crippen molar-refractivity contribution in [1.29, 1.82) is 0 Å². The second-order valence-corrected chi connectivity index (χ2v) is 6.45. The van der Waals surface area contributed by atoms with Crippen LogP contribution in [0.1, 0.15) is 31.9 Å². The minimum atomic E-state index is -1.24. The standard InChI is InChI=1S/C21H24O6/c1-4-25-20(24)21(2,3)27-18-11-10-17(12-16(18)13-19(22)23)26-14-15-8-6-5-7-9-15/h5-12H,4,13-14H2,1-3H3,(H,22,23). The highest BCUT2D eigenvalue weighted by molar-refractivity contribution is 5.79. The Morgan fingerprint density at radius 3 is 2.41 bits per heavy atom. The molecular weight excluding hydrogens is 348 g/mol. The van der Waals surface area contributed by atoms with Gasteiger partial charge in [0.1, 0.15) is 18.1 Å². The molecule has 0 fully saturated rings. The molecule has 2 aromatic carbocycles. The lowest BCUT2D eigenvalue weighted by Gasteiger charge is -2.25. The number of benzene rings is 2. The fourth-order valence-electron chi connectivity index (χ4n) is 2.41. The maximum atomic E-state index is 12.0. The molecule has 27 heavy (non-hydrogen) atoms. The molecular formula is C21H24O6. The first-order chi connectivity index (χ1) is 12.8. The molecule has 0 amide bonds. The fraction of sp³-hybridized carbons (Fsp3) is 0.333. The van der Waals surface area contributed by atoms with Crippen LogP contribution in [0.2, 0.25) is 0 Å². The van der Waals surface area contributed by atoms with Crippen LogP contribution < -0.4 is 9.47 Å². The van der Waals surface area contributed by atoms with Crippen molar-refractivity contribution in [3.05, 3.63) is 59.7 Å². The molecule has 0 radical (unpaired) electrons. The third kappa shape index (κ3) is 6.02. The van der Waals surface area contributed by atoms with Crippen LogP contribution in [0.3, 0.4) is 0 Å². The van der Waals surface area contributed by atoms with E-state index in [2.05, 4.69) is 0 Å². The number of ether oxygens (including phenoxy) is 3. The van der Waals surface area contributed by atoms with Crippen molar-refractivity contribution in [3.8, 4) is 11.5 Å². The number of carbonyl (C=O) groups excluding carboxylic acids is 1. The van der Waals surface area contributed by atoms with E-state index in [0.717, 1.165) is 5.56 Å². The minimum Gasteiger partial charge on any atom is -0.489 e. The second kappa shape index (κ2) is 9.07. The number of hydrogen-bond acceptors (Lipinski definition) is 5. The molecule has 0 bridgehead atoms. The van der Waals surface area contributed by atoms with Gasteiger partial charge in [-0.15, -0.1) is 0 Å². The fourth-order valence-corrected chi connectivity index (χ4v) is 2.41. The van der Waals surface area contributed by atoms with E-state index in [1.807, 2.05) is 30.3 Å². The van der Waals surface area contributed by atoms with Crippen molar-refractivity contribution in [2.24, 2.45) is 0 Å². The smallest absolute Gasteiger partial charge is 0.349 e. The van der Waals surface area contributed by atoms with E-state index in [-0.39, 0.29) is 13.0 Å². The van der Waals surface area contributed by atoms with Gasteiger partial charge in [-0.1, -0.05) is 30.3 Å². The van der Waals surface area contributed by atoms with Crippen LogP contribution in [0.5, 0.6) is 11.5 Å². The Balaban J connectivity index is 2.19. The van der Waals surface area contributed by atoms with E-state index in [1.54, 1.807) is 39.0 Å². The number of hydrogen-bond donors (Lipinski definition) is 1. The molecule has 0 aliphatic rings. The molecule has 6 nitrogen and oxygen atoms in total. The van der Waals surface area contributed by atoms with Gasteiger partial charge in [-0.2, -0.15) is 0 Å². The van der Waals surface area contributed by atoms with E-state index in [0.29, 0.717) is 23.7 Å². The highest BCUT2D eigenvalue weighted by Gasteiger charge is 2.32. The summed E-state index contributed by atoms with van der Waals surface area (Å²) < 4.78 is 16.5. The molecule has 0 unspecified atom stereocenters. The molecule has 0 heterocycles. The molecule has 6 heteroatoms.